The Hall–Kier alpha value is -2.82. The van der Waals surface area contributed by atoms with E-state index < -0.39 is 0 Å². The van der Waals surface area contributed by atoms with E-state index in [1.165, 1.54) is 15.0 Å². The lowest BCUT2D eigenvalue weighted by Crippen LogP contribution is -2.34. The van der Waals surface area contributed by atoms with Crippen molar-refractivity contribution in [2.45, 2.75) is 32.5 Å². The Balaban J connectivity index is 1.46. The van der Waals surface area contributed by atoms with E-state index in [1.54, 1.807) is 25.4 Å². The molecule has 0 saturated carbocycles. The van der Waals surface area contributed by atoms with Crippen LogP contribution < -0.4 is 10.1 Å². The summed E-state index contributed by atoms with van der Waals surface area (Å²) in [5.74, 6) is 3.17. The molecule has 28 heavy (non-hydrogen) atoms. The van der Waals surface area contributed by atoms with Gasteiger partial charge in [0.1, 0.15) is 5.75 Å². The van der Waals surface area contributed by atoms with Crippen LogP contribution in [-0.4, -0.2) is 40.7 Å². The maximum Gasteiger partial charge on any atom is 0.273 e. The van der Waals surface area contributed by atoms with Gasteiger partial charge in [-0.05, 0) is 43.0 Å². The first kappa shape index (κ1) is 18.5. The van der Waals surface area contributed by atoms with Crippen LogP contribution in [0.25, 0.3) is 10.1 Å². The number of nitrogens with one attached hydrogen (secondary N) is 2. The van der Waals surface area contributed by atoms with Crippen molar-refractivity contribution >= 4 is 27.3 Å². The van der Waals surface area contributed by atoms with Crippen molar-refractivity contribution in [3.8, 4) is 18.1 Å². The summed E-state index contributed by atoms with van der Waals surface area (Å²) in [7, 11) is 1.69. The third-order valence-electron chi connectivity index (χ3n) is 4.98. The van der Waals surface area contributed by atoms with Gasteiger partial charge >= 0.3 is 0 Å². The number of terminal acetylenes is 1. The number of benzene rings is 1. The monoisotopic (exact) mass is 394 g/mol. The zero-order chi connectivity index (χ0) is 19.7. The topological polar surface area (TPSA) is 70.2 Å². The Morgan fingerprint density at radius 2 is 2.36 bits per heavy atom. The lowest BCUT2D eigenvalue weighted by atomic mass is 10.0. The molecule has 1 unspecified atom stereocenters. The summed E-state index contributed by atoms with van der Waals surface area (Å²) in [5, 5.41) is 11.3. The molecule has 3 heterocycles. The maximum atomic E-state index is 12.4. The van der Waals surface area contributed by atoms with Crippen LogP contribution in [0, 0.1) is 12.3 Å². The molecule has 6 nitrogen and oxygen atoms in total. The highest BCUT2D eigenvalue weighted by atomic mass is 32.1. The number of carbonyl (C=O) groups excluding carboxylic acids is 1. The van der Waals surface area contributed by atoms with Crippen LogP contribution >= 0.6 is 11.3 Å². The van der Waals surface area contributed by atoms with Crippen molar-refractivity contribution in [3.63, 3.8) is 0 Å². The number of methoxy groups -OCH3 is 1. The second-order valence-corrected chi connectivity index (χ2v) is 8.14. The molecule has 0 saturated heterocycles. The number of amides is 1. The first-order valence-electron chi connectivity index (χ1n) is 9.19. The zero-order valence-corrected chi connectivity index (χ0v) is 16.7. The predicted octanol–water partition coefficient (Wildman–Crippen LogP) is 2.94. The van der Waals surface area contributed by atoms with Crippen molar-refractivity contribution in [2.24, 2.45) is 0 Å². The second kappa shape index (κ2) is 7.66. The van der Waals surface area contributed by atoms with Crippen LogP contribution in [0.3, 0.4) is 0 Å². The standard InChI is InChI=1S/C21H22N4O2S/c1-4-13(2)22-21(26)20-17-7-8-25(12-18(17)23-24-20)11-16-10-14-9-15(27-3)5-6-19(14)28-16/h1,5-6,9-10,13H,7-8,11-12H2,2-3H3,(H,22,26)(H,23,24). The minimum Gasteiger partial charge on any atom is -0.497 e. The number of hydrogen-bond donors (Lipinski definition) is 2. The molecule has 1 aliphatic rings. The number of aromatic amines is 1. The third-order valence-corrected chi connectivity index (χ3v) is 6.08. The first-order chi connectivity index (χ1) is 13.6. The molecular formula is C21H22N4O2S. The Labute approximate surface area is 167 Å². The average molecular weight is 395 g/mol. The molecule has 1 aromatic carbocycles. The number of rotatable bonds is 5. The highest BCUT2D eigenvalue weighted by Gasteiger charge is 2.25. The van der Waals surface area contributed by atoms with E-state index in [-0.39, 0.29) is 11.9 Å². The minimum absolute atomic E-state index is 0.213. The summed E-state index contributed by atoms with van der Waals surface area (Å²) >= 11 is 1.80. The van der Waals surface area contributed by atoms with Crippen LogP contribution in [-0.2, 0) is 19.5 Å². The van der Waals surface area contributed by atoms with Gasteiger partial charge in [-0.1, -0.05) is 5.92 Å². The number of aromatic nitrogens is 2. The lowest BCUT2D eigenvalue weighted by Gasteiger charge is -2.26. The van der Waals surface area contributed by atoms with Gasteiger partial charge in [0.25, 0.3) is 5.91 Å². The lowest BCUT2D eigenvalue weighted by molar-refractivity contribution is 0.0941. The van der Waals surface area contributed by atoms with Crippen LogP contribution in [0.15, 0.2) is 24.3 Å². The van der Waals surface area contributed by atoms with Crippen molar-refractivity contribution < 1.29 is 9.53 Å². The summed E-state index contributed by atoms with van der Waals surface area (Å²) in [4.78, 5) is 16.0. The number of nitrogens with zero attached hydrogens (tertiary/aromatic N) is 2. The largest absolute Gasteiger partial charge is 0.497 e. The molecular weight excluding hydrogens is 372 g/mol. The van der Waals surface area contributed by atoms with E-state index in [0.29, 0.717) is 5.69 Å². The van der Waals surface area contributed by atoms with E-state index in [4.69, 9.17) is 11.2 Å². The SMILES string of the molecule is C#CC(C)NC(=O)c1n[nH]c2c1CCN(Cc1cc3cc(OC)ccc3s1)C2. The fourth-order valence-electron chi connectivity index (χ4n) is 3.51. The fraction of sp³-hybridized carbons (Fsp3) is 0.333. The van der Waals surface area contributed by atoms with E-state index in [0.717, 1.165) is 43.1 Å². The van der Waals surface area contributed by atoms with Crippen LogP contribution in [0.1, 0.15) is 33.5 Å². The third kappa shape index (κ3) is 3.61. The Morgan fingerprint density at radius 1 is 1.50 bits per heavy atom. The van der Waals surface area contributed by atoms with Gasteiger partial charge in [-0.15, -0.1) is 17.8 Å². The van der Waals surface area contributed by atoms with E-state index in [2.05, 4.69) is 44.5 Å². The van der Waals surface area contributed by atoms with Gasteiger partial charge in [0.2, 0.25) is 0 Å². The van der Waals surface area contributed by atoms with Gasteiger partial charge in [-0.3, -0.25) is 14.8 Å². The molecule has 144 valence electrons. The summed E-state index contributed by atoms with van der Waals surface area (Å²) in [6.45, 7) is 4.28. The summed E-state index contributed by atoms with van der Waals surface area (Å²) in [5.41, 5.74) is 2.47. The molecule has 0 aliphatic carbocycles. The second-order valence-electron chi connectivity index (χ2n) is 6.97. The smallest absolute Gasteiger partial charge is 0.273 e. The summed E-state index contributed by atoms with van der Waals surface area (Å²) in [6, 6.07) is 8.08. The number of thiophene rings is 1. The first-order valence-corrected chi connectivity index (χ1v) is 10.0. The van der Waals surface area contributed by atoms with Crippen molar-refractivity contribution in [2.75, 3.05) is 13.7 Å². The molecule has 0 fully saturated rings. The van der Waals surface area contributed by atoms with Gasteiger partial charge in [0.05, 0.1) is 18.8 Å². The normalized spacial score (nSPS) is 15.0. The van der Waals surface area contributed by atoms with Crippen LogP contribution in [0.2, 0.25) is 0 Å². The minimum atomic E-state index is -0.313. The Kier molecular flexibility index (Phi) is 5.07. The molecule has 1 atom stereocenters. The molecule has 0 spiro atoms. The van der Waals surface area contributed by atoms with Crippen LogP contribution in [0.4, 0.5) is 0 Å². The number of carbonyl (C=O) groups is 1. The van der Waals surface area contributed by atoms with Crippen molar-refractivity contribution in [1.29, 1.82) is 0 Å². The molecule has 7 heteroatoms. The number of ether oxygens (including phenoxy) is 1. The van der Waals surface area contributed by atoms with Crippen molar-refractivity contribution in [3.05, 3.63) is 46.1 Å². The Bertz CT molecular complexity index is 1060. The highest BCUT2D eigenvalue weighted by molar-refractivity contribution is 7.19. The van der Waals surface area contributed by atoms with Crippen molar-refractivity contribution in [1.82, 2.24) is 20.4 Å². The maximum absolute atomic E-state index is 12.4. The predicted molar refractivity (Wildman–Crippen MR) is 111 cm³/mol. The zero-order valence-electron chi connectivity index (χ0n) is 15.9. The number of hydrogen-bond acceptors (Lipinski definition) is 5. The van der Waals surface area contributed by atoms with Gasteiger partial charge < -0.3 is 10.1 Å². The van der Waals surface area contributed by atoms with Gasteiger partial charge in [-0.25, -0.2) is 0 Å². The molecule has 2 N–H and O–H groups in total. The number of fused-ring (bicyclic) bond motifs is 2. The molecule has 1 aliphatic heterocycles. The fourth-order valence-corrected chi connectivity index (χ4v) is 4.59. The van der Waals surface area contributed by atoms with Gasteiger partial charge in [0.15, 0.2) is 5.69 Å². The molecule has 2 aromatic heterocycles. The van der Waals surface area contributed by atoms with Crippen LogP contribution in [0.5, 0.6) is 5.75 Å². The number of H-pyrrole nitrogens is 1. The molecule has 4 rings (SSSR count). The van der Waals surface area contributed by atoms with E-state index in [1.807, 2.05) is 6.07 Å². The molecule has 1 amide bonds. The van der Waals surface area contributed by atoms with E-state index in [9.17, 15) is 4.79 Å². The quantitative estimate of drug-likeness (QED) is 0.653. The summed E-state index contributed by atoms with van der Waals surface area (Å²) in [6.07, 6.45) is 6.13. The highest BCUT2D eigenvalue weighted by Crippen LogP contribution is 2.31. The van der Waals surface area contributed by atoms with Gasteiger partial charge in [-0.2, -0.15) is 5.10 Å². The Morgan fingerprint density at radius 3 is 3.14 bits per heavy atom. The van der Waals surface area contributed by atoms with E-state index >= 15 is 0 Å². The summed E-state index contributed by atoms with van der Waals surface area (Å²) < 4.78 is 6.57. The molecule has 3 aromatic rings. The molecule has 0 bridgehead atoms. The average Bonchev–Trinajstić information content (AvgIpc) is 3.30. The van der Waals surface area contributed by atoms with Gasteiger partial charge in [0, 0.05) is 34.8 Å². The molecule has 0 radical (unpaired) electrons.